The lowest BCUT2D eigenvalue weighted by Crippen LogP contribution is -2.31. The lowest BCUT2D eigenvalue weighted by atomic mass is 9.99. The first-order valence-corrected chi connectivity index (χ1v) is 8.89. The van der Waals surface area contributed by atoms with Gasteiger partial charge in [-0.2, -0.15) is 0 Å². The lowest BCUT2D eigenvalue weighted by molar-refractivity contribution is -0.138. The van der Waals surface area contributed by atoms with Gasteiger partial charge in [0.25, 0.3) is 0 Å². The summed E-state index contributed by atoms with van der Waals surface area (Å²) in [6, 6.07) is 9.05. The van der Waals surface area contributed by atoms with Crippen molar-refractivity contribution in [1.82, 2.24) is 0 Å². The molecule has 1 atom stereocenters. The third-order valence-electron chi connectivity index (χ3n) is 3.54. The van der Waals surface area contributed by atoms with Crippen LogP contribution in [0.15, 0.2) is 42.0 Å². The minimum atomic E-state index is -3.42. The quantitative estimate of drug-likeness (QED) is 0.785. The fourth-order valence-corrected chi connectivity index (χ4v) is 4.52. The van der Waals surface area contributed by atoms with Crippen LogP contribution in [0.2, 0.25) is 0 Å². The molecule has 2 rings (SSSR count). The number of allylic oxidation sites excluding steroid dienone is 1. The highest BCUT2D eigenvalue weighted by Gasteiger charge is 2.34. The zero-order chi connectivity index (χ0) is 15.3. The summed E-state index contributed by atoms with van der Waals surface area (Å²) in [5, 5.41) is -0.745. The van der Waals surface area contributed by atoms with E-state index in [2.05, 4.69) is 0 Å². The van der Waals surface area contributed by atoms with Gasteiger partial charge in [0.1, 0.15) is 0 Å². The van der Waals surface area contributed by atoms with Gasteiger partial charge in [-0.15, -0.1) is 0 Å². The largest absolute Gasteiger partial charge is 0.463 e. The number of rotatable bonds is 5. The van der Waals surface area contributed by atoms with Gasteiger partial charge in [0.2, 0.25) is 0 Å². The van der Waals surface area contributed by atoms with E-state index in [1.54, 1.807) is 25.1 Å². The summed E-state index contributed by atoms with van der Waals surface area (Å²) < 4.78 is 30.2. The SMILES string of the molecule is CCOC(=O)C1=CCCCC1S(=O)(=O)Cc1ccccc1. The average molecular weight is 308 g/mol. The number of hydrogen-bond donors (Lipinski definition) is 0. The fraction of sp³-hybridized carbons (Fsp3) is 0.438. The minimum Gasteiger partial charge on any atom is -0.463 e. The van der Waals surface area contributed by atoms with Crippen LogP contribution in [0.25, 0.3) is 0 Å². The van der Waals surface area contributed by atoms with Gasteiger partial charge in [-0.25, -0.2) is 13.2 Å². The Bertz CT molecular complexity index is 617. The molecule has 0 amide bonds. The molecule has 0 radical (unpaired) electrons. The molecule has 0 fully saturated rings. The van der Waals surface area contributed by atoms with Gasteiger partial charge >= 0.3 is 5.97 Å². The van der Waals surface area contributed by atoms with Gasteiger partial charge in [-0.1, -0.05) is 36.4 Å². The van der Waals surface area contributed by atoms with Gasteiger partial charge in [0.15, 0.2) is 9.84 Å². The maximum absolute atomic E-state index is 12.6. The third-order valence-corrected chi connectivity index (χ3v) is 5.63. The number of sulfone groups is 1. The van der Waals surface area contributed by atoms with Gasteiger partial charge in [0, 0.05) is 0 Å². The van der Waals surface area contributed by atoms with Crippen molar-refractivity contribution in [3.05, 3.63) is 47.5 Å². The third kappa shape index (κ3) is 3.94. The van der Waals surface area contributed by atoms with Gasteiger partial charge in [-0.05, 0) is 31.7 Å². The molecule has 0 aromatic heterocycles. The van der Waals surface area contributed by atoms with E-state index in [9.17, 15) is 13.2 Å². The first-order valence-electron chi connectivity index (χ1n) is 7.17. The Hall–Kier alpha value is -1.62. The van der Waals surface area contributed by atoms with Crippen molar-refractivity contribution in [3.63, 3.8) is 0 Å². The van der Waals surface area contributed by atoms with E-state index in [4.69, 9.17) is 4.74 Å². The normalized spacial score (nSPS) is 18.9. The zero-order valence-electron chi connectivity index (χ0n) is 12.1. The van der Waals surface area contributed by atoms with Crippen molar-refractivity contribution in [1.29, 1.82) is 0 Å². The van der Waals surface area contributed by atoms with E-state index in [1.165, 1.54) is 0 Å². The first kappa shape index (κ1) is 15.8. The average Bonchev–Trinajstić information content (AvgIpc) is 2.48. The predicted octanol–water partition coefficient (Wildman–Crippen LogP) is 2.64. The van der Waals surface area contributed by atoms with E-state index in [1.807, 2.05) is 18.2 Å². The van der Waals surface area contributed by atoms with E-state index in [-0.39, 0.29) is 12.4 Å². The molecule has 0 aliphatic heterocycles. The van der Waals surface area contributed by atoms with Crippen LogP contribution in [0.5, 0.6) is 0 Å². The number of benzene rings is 1. The number of hydrogen-bond acceptors (Lipinski definition) is 4. The first-order chi connectivity index (χ1) is 10.0. The molecular formula is C16H20O4S. The monoisotopic (exact) mass is 308 g/mol. The second-order valence-corrected chi connectivity index (χ2v) is 7.28. The Balaban J connectivity index is 2.23. The van der Waals surface area contributed by atoms with Crippen LogP contribution in [-0.4, -0.2) is 26.2 Å². The van der Waals surface area contributed by atoms with Crippen LogP contribution >= 0.6 is 0 Å². The molecule has 0 bridgehead atoms. The van der Waals surface area contributed by atoms with Crippen molar-refractivity contribution in [3.8, 4) is 0 Å². The second-order valence-electron chi connectivity index (χ2n) is 5.09. The fourth-order valence-electron chi connectivity index (χ4n) is 2.56. The van der Waals surface area contributed by atoms with Crippen LogP contribution in [0.4, 0.5) is 0 Å². The molecule has 1 unspecified atom stereocenters. The molecule has 0 heterocycles. The Labute approximate surface area is 125 Å². The smallest absolute Gasteiger partial charge is 0.335 e. The summed E-state index contributed by atoms with van der Waals surface area (Å²) >= 11 is 0. The molecule has 5 heteroatoms. The zero-order valence-corrected chi connectivity index (χ0v) is 12.9. The van der Waals surface area contributed by atoms with Crippen LogP contribution < -0.4 is 0 Å². The molecule has 0 N–H and O–H groups in total. The van der Waals surface area contributed by atoms with Crippen molar-refractivity contribution >= 4 is 15.8 Å². The molecule has 4 nitrogen and oxygen atoms in total. The summed E-state index contributed by atoms with van der Waals surface area (Å²) in [5.41, 5.74) is 1.05. The maximum Gasteiger partial charge on any atom is 0.335 e. The molecule has 1 aromatic carbocycles. The molecule has 1 aliphatic rings. The summed E-state index contributed by atoms with van der Waals surface area (Å²) in [5.74, 6) is -0.547. The van der Waals surface area contributed by atoms with Crippen molar-refractivity contribution in [2.24, 2.45) is 0 Å². The summed E-state index contributed by atoms with van der Waals surface area (Å²) in [7, 11) is -3.42. The summed E-state index contributed by atoms with van der Waals surface area (Å²) in [6.45, 7) is 1.97. The predicted molar refractivity (Wildman–Crippen MR) is 81.4 cm³/mol. The standard InChI is InChI=1S/C16H20O4S/c1-2-20-16(17)14-10-6-7-11-15(14)21(18,19)12-13-8-4-3-5-9-13/h3-5,8-10,15H,2,6-7,11-12H2,1H3. The second kappa shape index (κ2) is 6.89. The molecule has 1 aliphatic carbocycles. The van der Waals surface area contributed by atoms with Crippen molar-refractivity contribution in [2.75, 3.05) is 6.61 Å². The molecular weight excluding hydrogens is 288 g/mol. The van der Waals surface area contributed by atoms with Gasteiger partial charge < -0.3 is 4.74 Å². The van der Waals surface area contributed by atoms with Crippen LogP contribution in [0.1, 0.15) is 31.7 Å². The van der Waals surface area contributed by atoms with Gasteiger partial charge in [-0.3, -0.25) is 0 Å². The Morgan fingerprint density at radius 2 is 2.00 bits per heavy atom. The molecule has 0 saturated carbocycles. The van der Waals surface area contributed by atoms with E-state index in [0.717, 1.165) is 18.4 Å². The molecule has 21 heavy (non-hydrogen) atoms. The molecule has 1 aromatic rings. The van der Waals surface area contributed by atoms with Crippen molar-refractivity contribution < 1.29 is 17.9 Å². The lowest BCUT2D eigenvalue weighted by Gasteiger charge is -2.23. The molecule has 0 saturated heterocycles. The highest BCUT2D eigenvalue weighted by molar-refractivity contribution is 7.91. The molecule has 114 valence electrons. The maximum atomic E-state index is 12.6. The Morgan fingerprint density at radius 3 is 2.67 bits per heavy atom. The Kier molecular flexibility index (Phi) is 5.17. The number of carbonyl (C=O) groups is 1. The summed E-state index contributed by atoms with van der Waals surface area (Å²) in [6.07, 6.45) is 3.71. The van der Waals surface area contributed by atoms with E-state index < -0.39 is 21.1 Å². The van der Waals surface area contributed by atoms with Crippen LogP contribution in [0.3, 0.4) is 0 Å². The highest BCUT2D eigenvalue weighted by Crippen LogP contribution is 2.28. The van der Waals surface area contributed by atoms with E-state index in [0.29, 0.717) is 12.0 Å². The van der Waals surface area contributed by atoms with Gasteiger partial charge in [0.05, 0.1) is 23.2 Å². The Morgan fingerprint density at radius 1 is 1.29 bits per heavy atom. The van der Waals surface area contributed by atoms with Crippen molar-refractivity contribution in [2.45, 2.75) is 37.2 Å². The topological polar surface area (TPSA) is 60.4 Å². The minimum absolute atomic E-state index is 0.0464. The number of carbonyl (C=O) groups excluding carboxylic acids is 1. The van der Waals surface area contributed by atoms with E-state index >= 15 is 0 Å². The molecule has 0 spiro atoms. The number of esters is 1. The number of ether oxygens (including phenoxy) is 1. The van der Waals surface area contributed by atoms with Crippen LogP contribution in [-0.2, 0) is 25.1 Å². The van der Waals surface area contributed by atoms with Crippen LogP contribution in [0, 0.1) is 0 Å². The highest BCUT2D eigenvalue weighted by atomic mass is 32.2. The summed E-state index contributed by atoms with van der Waals surface area (Å²) in [4.78, 5) is 12.0.